The van der Waals surface area contributed by atoms with Gasteiger partial charge in [0.2, 0.25) is 0 Å². The molecule has 0 spiro atoms. The maximum atomic E-state index is 11.6. The highest BCUT2D eigenvalue weighted by molar-refractivity contribution is 7.91. The van der Waals surface area contributed by atoms with Crippen LogP contribution in [0.2, 0.25) is 0 Å². The minimum atomic E-state index is -2.95. The van der Waals surface area contributed by atoms with E-state index in [9.17, 15) is 13.2 Å². The van der Waals surface area contributed by atoms with Gasteiger partial charge in [-0.1, -0.05) is 19.1 Å². The molecule has 144 valence electrons. The Labute approximate surface area is 161 Å². The minimum Gasteiger partial charge on any atom is -0.494 e. The van der Waals surface area contributed by atoms with E-state index in [0.29, 0.717) is 18.6 Å². The summed E-state index contributed by atoms with van der Waals surface area (Å²) in [5.41, 5.74) is 6.67. The number of aldehydes is 1. The normalized spacial score (nSPS) is 13.4. The average Bonchev–Trinajstić information content (AvgIpc) is 2.84. The summed E-state index contributed by atoms with van der Waals surface area (Å²) in [6.45, 7) is 4.12. The Balaban J connectivity index is 1.83. The van der Waals surface area contributed by atoms with Crippen LogP contribution in [-0.2, 0) is 22.7 Å². The van der Waals surface area contributed by atoms with E-state index in [-0.39, 0.29) is 11.5 Å². The number of benzene rings is 2. The van der Waals surface area contributed by atoms with Crippen LogP contribution in [0.15, 0.2) is 30.3 Å². The molecule has 0 bridgehead atoms. The molecular formula is C22H26O4S. The van der Waals surface area contributed by atoms with Gasteiger partial charge in [0.05, 0.1) is 12.4 Å². The molecule has 2 aromatic rings. The Morgan fingerprint density at radius 1 is 1.11 bits per heavy atom. The maximum absolute atomic E-state index is 11.6. The van der Waals surface area contributed by atoms with E-state index in [2.05, 4.69) is 19.1 Å². The van der Waals surface area contributed by atoms with E-state index >= 15 is 0 Å². The predicted octanol–water partition coefficient (Wildman–Crippen LogP) is 4.17. The van der Waals surface area contributed by atoms with E-state index < -0.39 is 9.84 Å². The lowest BCUT2D eigenvalue weighted by atomic mass is 9.91. The summed E-state index contributed by atoms with van der Waals surface area (Å²) in [7, 11) is -2.95. The van der Waals surface area contributed by atoms with Gasteiger partial charge >= 0.3 is 0 Å². The van der Waals surface area contributed by atoms with Gasteiger partial charge in [-0.15, -0.1) is 0 Å². The molecule has 0 aliphatic heterocycles. The van der Waals surface area contributed by atoms with Gasteiger partial charge in [0, 0.05) is 11.3 Å². The first-order chi connectivity index (χ1) is 12.9. The molecule has 5 heteroatoms. The number of hydrogen-bond acceptors (Lipinski definition) is 4. The van der Waals surface area contributed by atoms with Gasteiger partial charge in [0.15, 0.2) is 0 Å². The Hall–Kier alpha value is -2.14. The predicted molar refractivity (Wildman–Crippen MR) is 108 cm³/mol. The lowest BCUT2D eigenvalue weighted by Crippen LogP contribution is -2.12. The number of fused-ring (bicyclic) bond motifs is 3. The van der Waals surface area contributed by atoms with E-state index in [1.165, 1.54) is 16.7 Å². The van der Waals surface area contributed by atoms with Crippen LogP contribution in [0.1, 0.15) is 46.8 Å². The fourth-order valence-electron chi connectivity index (χ4n) is 3.69. The van der Waals surface area contributed by atoms with Crippen molar-refractivity contribution in [3.63, 3.8) is 0 Å². The van der Waals surface area contributed by atoms with Gasteiger partial charge < -0.3 is 4.74 Å². The molecule has 0 saturated carbocycles. The van der Waals surface area contributed by atoms with Gasteiger partial charge in [-0.25, -0.2) is 8.42 Å². The highest BCUT2D eigenvalue weighted by atomic mass is 32.2. The summed E-state index contributed by atoms with van der Waals surface area (Å²) in [5.74, 6) is 1.12. The zero-order chi connectivity index (χ0) is 19.4. The van der Waals surface area contributed by atoms with Gasteiger partial charge in [-0.3, -0.25) is 4.79 Å². The smallest absolute Gasteiger partial charge is 0.150 e. The molecule has 0 atom stereocenters. The molecular weight excluding hydrogens is 360 g/mol. The van der Waals surface area contributed by atoms with Gasteiger partial charge in [0.1, 0.15) is 21.9 Å². The fraction of sp³-hybridized carbons (Fsp3) is 0.409. The standard InChI is InChI=1S/C22H26O4S/c1-3-27(24,25)11-5-10-26-20-12-16(2)22-19(14-20)7-4-6-18-9-8-17(15-23)13-21(18)22/h8-9,12-15H,3-7,10-11H2,1-2H3. The van der Waals surface area contributed by atoms with Crippen LogP contribution in [0.25, 0.3) is 11.1 Å². The van der Waals surface area contributed by atoms with Crippen LogP contribution in [0.3, 0.4) is 0 Å². The molecule has 3 rings (SSSR count). The van der Waals surface area contributed by atoms with Crippen molar-refractivity contribution in [3.8, 4) is 16.9 Å². The van der Waals surface area contributed by atoms with Crippen molar-refractivity contribution in [1.29, 1.82) is 0 Å². The molecule has 0 heterocycles. The lowest BCUT2D eigenvalue weighted by molar-refractivity contribution is 0.112. The molecule has 0 saturated heterocycles. The second kappa shape index (κ2) is 8.26. The molecule has 4 nitrogen and oxygen atoms in total. The van der Waals surface area contributed by atoms with Crippen LogP contribution in [0, 0.1) is 6.92 Å². The number of sulfone groups is 1. The highest BCUT2D eigenvalue weighted by Crippen LogP contribution is 2.37. The molecule has 1 aliphatic rings. The van der Waals surface area contributed by atoms with Crippen LogP contribution in [0.4, 0.5) is 0 Å². The molecule has 0 N–H and O–H groups in total. The molecule has 0 unspecified atom stereocenters. The molecule has 27 heavy (non-hydrogen) atoms. The molecule has 0 amide bonds. The summed E-state index contributed by atoms with van der Waals surface area (Å²) >= 11 is 0. The van der Waals surface area contributed by atoms with E-state index in [1.807, 2.05) is 18.2 Å². The van der Waals surface area contributed by atoms with Crippen molar-refractivity contribution in [2.45, 2.75) is 39.5 Å². The molecule has 0 aromatic heterocycles. The number of hydrogen-bond donors (Lipinski definition) is 0. The second-order valence-electron chi connectivity index (χ2n) is 7.10. The Bertz CT molecular complexity index is 945. The zero-order valence-corrected chi connectivity index (χ0v) is 16.8. The molecule has 1 aliphatic carbocycles. The van der Waals surface area contributed by atoms with Crippen LogP contribution in [-0.4, -0.2) is 32.8 Å². The lowest BCUT2D eigenvalue weighted by Gasteiger charge is -2.16. The molecule has 2 aromatic carbocycles. The maximum Gasteiger partial charge on any atom is 0.150 e. The summed E-state index contributed by atoms with van der Waals surface area (Å²) in [6.07, 6.45) is 4.40. The first kappa shape index (κ1) is 19.6. The first-order valence-corrected chi connectivity index (χ1v) is 11.3. The van der Waals surface area contributed by atoms with E-state index in [4.69, 9.17) is 4.74 Å². The third-order valence-corrected chi connectivity index (χ3v) is 6.92. The van der Waals surface area contributed by atoms with Crippen LogP contribution in [0.5, 0.6) is 5.75 Å². The molecule has 0 radical (unpaired) electrons. The number of carbonyl (C=O) groups excluding carboxylic acids is 1. The van der Waals surface area contributed by atoms with Crippen molar-refractivity contribution in [1.82, 2.24) is 0 Å². The van der Waals surface area contributed by atoms with Crippen molar-refractivity contribution >= 4 is 16.1 Å². The van der Waals surface area contributed by atoms with E-state index in [1.54, 1.807) is 6.92 Å². The topological polar surface area (TPSA) is 60.4 Å². The zero-order valence-electron chi connectivity index (χ0n) is 16.0. The third kappa shape index (κ3) is 4.59. The van der Waals surface area contributed by atoms with Gasteiger partial charge in [0.25, 0.3) is 0 Å². The number of rotatable bonds is 7. The number of carbonyl (C=O) groups is 1. The Morgan fingerprint density at radius 3 is 2.63 bits per heavy atom. The summed E-state index contributed by atoms with van der Waals surface area (Å²) in [5, 5.41) is 0. The largest absolute Gasteiger partial charge is 0.494 e. The highest BCUT2D eigenvalue weighted by Gasteiger charge is 2.18. The average molecular weight is 387 g/mol. The first-order valence-electron chi connectivity index (χ1n) is 9.48. The summed E-state index contributed by atoms with van der Waals surface area (Å²) < 4.78 is 29.0. The second-order valence-corrected chi connectivity index (χ2v) is 9.57. The Morgan fingerprint density at radius 2 is 1.89 bits per heavy atom. The van der Waals surface area contributed by atoms with Gasteiger partial charge in [-0.2, -0.15) is 0 Å². The van der Waals surface area contributed by atoms with Crippen molar-refractivity contribution in [2.75, 3.05) is 18.1 Å². The van der Waals surface area contributed by atoms with E-state index in [0.717, 1.165) is 42.4 Å². The third-order valence-electron chi connectivity index (χ3n) is 5.13. The summed E-state index contributed by atoms with van der Waals surface area (Å²) in [4.78, 5) is 11.2. The SMILES string of the molecule is CCS(=O)(=O)CCCOc1cc(C)c2c(c1)CCCc1ccc(C=O)cc1-2. The van der Waals surface area contributed by atoms with Crippen LogP contribution < -0.4 is 4.74 Å². The summed E-state index contributed by atoms with van der Waals surface area (Å²) in [6, 6.07) is 10.0. The molecule has 0 fully saturated rings. The Kier molecular flexibility index (Phi) is 6.00. The van der Waals surface area contributed by atoms with Crippen molar-refractivity contribution in [3.05, 3.63) is 52.6 Å². The van der Waals surface area contributed by atoms with Crippen molar-refractivity contribution in [2.24, 2.45) is 0 Å². The van der Waals surface area contributed by atoms with Crippen LogP contribution >= 0.6 is 0 Å². The monoisotopic (exact) mass is 386 g/mol. The quantitative estimate of drug-likeness (QED) is 0.529. The minimum absolute atomic E-state index is 0.162. The van der Waals surface area contributed by atoms with Gasteiger partial charge in [-0.05, 0) is 78.6 Å². The number of aryl methyl sites for hydroxylation is 3. The number of ether oxygens (including phenoxy) is 1. The fourth-order valence-corrected chi connectivity index (χ4v) is 4.54. The van der Waals surface area contributed by atoms with Crippen molar-refractivity contribution < 1.29 is 17.9 Å².